The first-order chi connectivity index (χ1) is 13.1. The number of likely N-dealkylation sites (N-methyl/N-ethyl adjacent to an activating group) is 1. The smallest absolute Gasteiger partial charge is 0.337 e. The Bertz CT molecular complexity index is 801. The molecule has 1 amide bonds. The Balaban J connectivity index is 1.53. The second-order valence-electron chi connectivity index (χ2n) is 7.13. The van der Waals surface area contributed by atoms with Gasteiger partial charge in [0.15, 0.2) is 6.54 Å². The maximum absolute atomic E-state index is 12.4. The Morgan fingerprint density at radius 2 is 1.89 bits per heavy atom. The SMILES string of the molecule is COC(=O)c1ccc(CNC(=O)C[NH+](C)[C@H]2CCCc3ccccc32)cc1. The number of carbonyl (C=O) groups is 2. The van der Waals surface area contributed by atoms with E-state index >= 15 is 0 Å². The molecule has 1 aliphatic rings. The van der Waals surface area contributed by atoms with Gasteiger partial charge in [-0.3, -0.25) is 4.79 Å². The number of fused-ring (bicyclic) bond motifs is 1. The molecule has 0 heterocycles. The Morgan fingerprint density at radius 3 is 2.63 bits per heavy atom. The number of rotatable bonds is 6. The van der Waals surface area contributed by atoms with Crippen LogP contribution in [0.1, 0.15) is 45.9 Å². The summed E-state index contributed by atoms with van der Waals surface area (Å²) in [5.41, 5.74) is 4.26. The Kier molecular flexibility index (Phi) is 6.24. The van der Waals surface area contributed by atoms with E-state index in [9.17, 15) is 9.59 Å². The predicted molar refractivity (Wildman–Crippen MR) is 104 cm³/mol. The summed E-state index contributed by atoms with van der Waals surface area (Å²) in [4.78, 5) is 25.1. The number of methoxy groups -OCH3 is 1. The van der Waals surface area contributed by atoms with Gasteiger partial charge in [0.05, 0.1) is 19.7 Å². The molecule has 2 aromatic rings. The van der Waals surface area contributed by atoms with Crippen LogP contribution in [0.4, 0.5) is 0 Å². The molecule has 3 rings (SSSR count). The van der Waals surface area contributed by atoms with E-state index in [0.29, 0.717) is 24.7 Å². The Morgan fingerprint density at radius 1 is 1.15 bits per heavy atom. The molecule has 0 aliphatic heterocycles. The van der Waals surface area contributed by atoms with Crippen molar-refractivity contribution in [1.29, 1.82) is 0 Å². The van der Waals surface area contributed by atoms with Crippen molar-refractivity contribution in [2.75, 3.05) is 20.7 Å². The number of carbonyl (C=O) groups excluding carboxylic acids is 2. The van der Waals surface area contributed by atoms with Crippen LogP contribution < -0.4 is 10.2 Å². The van der Waals surface area contributed by atoms with Gasteiger partial charge in [-0.25, -0.2) is 4.79 Å². The molecule has 0 spiro atoms. The van der Waals surface area contributed by atoms with Gasteiger partial charge in [-0.2, -0.15) is 0 Å². The normalized spacial score (nSPS) is 16.9. The summed E-state index contributed by atoms with van der Waals surface area (Å²) in [6.45, 7) is 0.897. The van der Waals surface area contributed by atoms with Crippen molar-refractivity contribution in [3.8, 4) is 0 Å². The Labute approximate surface area is 160 Å². The lowest BCUT2D eigenvalue weighted by Crippen LogP contribution is -3.10. The van der Waals surface area contributed by atoms with Crippen molar-refractivity contribution in [2.45, 2.75) is 31.8 Å². The van der Waals surface area contributed by atoms with Crippen LogP contribution in [0, 0.1) is 0 Å². The van der Waals surface area contributed by atoms with Crippen LogP contribution in [-0.2, 0) is 22.5 Å². The fourth-order valence-corrected chi connectivity index (χ4v) is 3.78. The zero-order valence-electron chi connectivity index (χ0n) is 16.0. The topological polar surface area (TPSA) is 59.8 Å². The van der Waals surface area contributed by atoms with Gasteiger partial charge in [-0.1, -0.05) is 36.4 Å². The Hall–Kier alpha value is -2.66. The summed E-state index contributed by atoms with van der Waals surface area (Å²) in [7, 11) is 3.46. The molecule has 0 radical (unpaired) electrons. The van der Waals surface area contributed by atoms with E-state index in [-0.39, 0.29) is 11.9 Å². The number of hydrogen-bond acceptors (Lipinski definition) is 3. The van der Waals surface area contributed by atoms with E-state index in [1.54, 1.807) is 12.1 Å². The molecule has 27 heavy (non-hydrogen) atoms. The van der Waals surface area contributed by atoms with Gasteiger partial charge in [0.1, 0.15) is 6.04 Å². The van der Waals surface area contributed by atoms with Crippen molar-refractivity contribution in [2.24, 2.45) is 0 Å². The summed E-state index contributed by atoms with van der Waals surface area (Å²) < 4.78 is 4.69. The molecule has 5 heteroatoms. The van der Waals surface area contributed by atoms with E-state index in [1.807, 2.05) is 12.1 Å². The first-order valence-corrected chi connectivity index (χ1v) is 9.42. The number of hydrogen-bond donors (Lipinski definition) is 2. The van der Waals surface area contributed by atoms with Crippen molar-refractivity contribution in [3.05, 3.63) is 70.8 Å². The van der Waals surface area contributed by atoms with Crippen molar-refractivity contribution in [1.82, 2.24) is 5.32 Å². The van der Waals surface area contributed by atoms with E-state index in [0.717, 1.165) is 18.4 Å². The zero-order chi connectivity index (χ0) is 19.2. The van der Waals surface area contributed by atoms with E-state index in [1.165, 1.54) is 29.6 Å². The fraction of sp³-hybridized carbons (Fsp3) is 0.364. The molecule has 1 unspecified atom stereocenters. The van der Waals surface area contributed by atoms with Crippen LogP contribution in [0.3, 0.4) is 0 Å². The van der Waals surface area contributed by atoms with Gasteiger partial charge in [0, 0.05) is 18.5 Å². The monoisotopic (exact) mass is 367 g/mol. The minimum atomic E-state index is -0.358. The molecule has 142 valence electrons. The lowest BCUT2D eigenvalue weighted by atomic mass is 9.87. The second-order valence-corrected chi connectivity index (χ2v) is 7.13. The van der Waals surface area contributed by atoms with Gasteiger partial charge in [0.25, 0.3) is 5.91 Å². The van der Waals surface area contributed by atoms with E-state index < -0.39 is 0 Å². The average Bonchev–Trinajstić information content (AvgIpc) is 2.71. The van der Waals surface area contributed by atoms with E-state index in [2.05, 4.69) is 41.4 Å². The third kappa shape index (κ3) is 4.74. The number of esters is 1. The molecule has 2 aromatic carbocycles. The molecule has 0 fully saturated rings. The maximum Gasteiger partial charge on any atom is 0.337 e. The number of benzene rings is 2. The predicted octanol–water partition coefficient (Wildman–Crippen LogP) is 1.68. The summed E-state index contributed by atoms with van der Waals surface area (Å²) in [5, 5.41) is 2.98. The zero-order valence-corrected chi connectivity index (χ0v) is 16.0. The summed E-state index contributed by atoms with van der Waals surface area (Å²) in [6.07, 6.45) is 3.42. The first kappa shape index (κ1) is 19.1. The van der Waals surface area contributed by atoms with Crippen molar-refractivity contribution in [3.63, 3.8) is 0 Å². The van der Waals surface area contributed by atoms with Crippen LogP contribution in [-0.4, -0.2) is 32.6 Å². The number of nitrogens with one attached hydrogen (secondary N) is 2. The van der Waals surface area contributed by atoms with Gasteiger partial charge in [-0.15, -0.1) is 0 Å². The standard InChI is InChI=1S/C22H26N2O3/c1-24(20-9-5-7-17-6-3-4-8-19(17)20)15-21(25)23-14-16-10-12-18(13-11-16)22(26)27-2/h3-4,6,8,10-13,20H,5,7,9,14-15H2,1-2H3,(H,23,25)/p+1/t20-/m0/s1. The van der Waals surface area contributed by atoms with Crippen LogP contribution >= 0.6 is 0 Å². The molecular weight excluding hydrogens is 340 g/mol. The summed E-state index contributed by atoms with van der Waals surface area (Å²) >= 11 is 0. The minimum absolute atomic E-state index is 0.0348. The quantitative estimate of drug-likeness (QED) is 0.764. The average molecular weight is 367 g/mol. The molecule has 0 saturated carbocycles. The molecule has 0 bridgehead atoms. The molecular formula is C22H27N2O3+. The molecule has 1 aliphatic carbocycles. The summed E-state index contributed by atoms with van der Waals surface area (Å²) in [5.74, 6) is -0.323. The van der Waals surface area contributed by atoms with Gasteiger partial charge in [0.2, 0.25) is 0 Å². The van der Waals surface area contributed by atoms with Crippen molar-refractivity contribution < 1.29 is 19.2 Å². The molecule has 2 atom stereocenters. The number of amides is 1. The summed E-state index contributed by atoms with van der Waals surface area (Å²) in [6, 6.07) is 16.0. The highest BCUT2D eigenvalue weighted by Crippen LogP contribution is 2.27. The van der Waals surface area contributed by atoms with Gasteiger partial charge >= 0.3 is 5.97 Å². The highest BCUT2D eigenvalue weighted by molar-refractivity contribution is 5.89. The largest absolute Gasteiger partial charge is 0.465 e. The van der Waals surface area contributed by atoms with Crippen LogP contribution in [0.2, 0.25) is 0 Å². The van der Waals surface area contributed by atoms with Crippen LogP contribution in [0.25, 0.3) is 0 Å². The molecule has 0 saturated heterocycles. The lowest BCUT2D eigenvalue weighted by molar-refractivity contribution is -0.905. The number of ether oxygens (including phenoxy) is 1. The lowest BCUT2D eigenvalue weighted by Gasteiger charge is -2.30. The third-order valence-corrected chi connectivity index (χ3v) is 5.27. The number of aryl methyl sites for hydroxylation is 1. The molecule has 2 N–H and O–H groups in total. The molecule has 5 nitrogen and oxygen atoms in total. The second kappa shape index (κ2) is 8.82. The highest BCUT2D eigenvalue weighted by atomic mass is 16.5. The van der Waals surface area contributed by atoms with Gasteiger partial charge < -0.3 is 15.0 Å². The minimum Gasteiger partial charge on any atom is -0.465 e. The van der Waals surface area contributed by atoms with E-state index in [4.69, 9.17) is 0 Å². The third-order valence-electron chi connectivity index (χ3n) is 5.27. The highest BCUT2D eigenvalue weighted by Gasteiger charge is 2.27. The van der Waals surface area contributed by atoms with Gasteiger partial charge in [-0.05, 0) is 36.1 Å². The number of quaternary nitrogens is 1. The van der Waals surface area contributed by atoms with Crippen LogP contribution in [0.5, 0.6) is 0 Å². The maximum atomic E-state index is 12.4. The first-order valence-electron chi connectivity index (χ1n) is 9.42. The fourth-order valence-electron chi connectivity index (χ4n) is 3.78. The molecule has 0 aromatic heterocycles. The van der Waals surface area contributed by atoms with Crippen molar-refractivity contribution >= 4 is 11.9 Å². The van der Waals surface area contributed by atoms with Crippen LogP contribution in [0.15, 0.2) is 48.5 Å².